The maximum Gasteiger partial charge on any atom is 0.453 e. The Bertz CT molecular complexity index is 396. The molecule has 1 atom stereocenters. The Morgan fingerprint density at radius 2 is 1.17 bits per heavy atom. The van der Waals surface area contributed by atoms with Gasteiger partial charge in [0, 0.05) is 26.2 Å². The molecule has 0 amide bonds. The molecule has 1 heterocycles. The highest BCUT2D eigenvalue weighted by Crippen LogP contribution is 2.39. The quantitative estimate of drug-likeness (QED) is 0.148. The summed E-state index contributed by atoms with van der Waals surface area (Å²) < 4.78 is 72.8. The summed E-state index contributed by atoms with van der Waals surface area (Å²) in [6.45, 7) is 2.56. The largest absolute Gasteiger partial charge is 0.453 e. The molecule has 0 radical (unpaired) electrons. The highest BCUT2D eigenvalue weighted by molar-refractivity contribution is 4.75. The molecule has 0 spiro atoms. The van der Waals surface area contributed by atoms with E-state index in [4.69, 9.17) is 9.47 Å². The van der Waals surface area contributed by atoms with E-state index in [1.54, 1.807) is 0 Å². The normalized spacial score (nSPS) is 17.7. The maximum atomic E-state index is 12.7. The van der Waals surface area contributed by atoms with E-state index in [9.17, 15) is 22.0 Å². The van der Waals surface area contributed by atoms with E-state index >= 15 is 0 Å². The number of unbranched alkanes of at least 4 members (excludes halogenated alkanes) is 12. The van der Waals surface area contributed by atoms with Gasteiger partial charge in [-0.2, -0.15) is 22.0 Å². The molecule has 1 unspecified atom stereocenters. The van der Waals surface area contributed by atoms with Gasteiger partial charge in [0.15, 0.2) is 0 Å². The summed E-state index contributed by atoms with van der Waals surface area (Å²) in [5.74, 6) is -4.54. The van der Waals surface area contributed by atoms with Gasteiger partial charge in [-0.3, -0.25) is 0 Å². The summed E-state index contributed by atoms with van der Waals surface area (Å²) in [4.78, 5) is 0. The SMILES string of the molecule is FC(F)(F)C(F)(F)CCCCCCCCCCCCCCCOCCC1CCCO1. The van der Waals surface area contributed by atoms with E-state index in [1.165, 1.54) is 51.4 Å². The highest BCUT2D eigenvalue weighted by atomic mass is 19.4. The molecular formula is C23H41F5O2. The van der Waals surface area contributed by atoms with Crippen LogP contribution < -0.4 is 0 Å². The zero-order valence-electron chi connectivity index (χ0n) is 18.4. The van der Waals surface area contributed by atoms with E-state index in [0.717, 1.165) is 58.3 Å². The van der Waals surface area contributed by atoms with E-state index < -0.39 is 18.5 Å². The van der Waals surface area contributed by atoms with Crippen LogP contribution in [0.5, 0.6) is 0 Å². The van der Waals surface area contributed by atoms with E-state index in [-0.39, 0.29) is 6.42 Å². The molecular weight excluding hydrogens is 403 g/mol. The van der Waals surface area contributed by atoms with Crippen molar-refractivity contribution in [2.45, 2.75) is 127 Å². The van der Waals surface area contributed by atoms with Crippen molar-refractivity contribution in [2.75, 3.05) is 19.8 Å². The lowest BCUT2D eigenvalue weighted by atomic mass is 10.0. The van der Waals surface area contributed by atoms with Crippen LogP contribution in [-0.2, 0) is 9.47 Å². The molecule has 0 bridgehead atoms. The molecule has 1 aliphatic heterocycles. The molecule has 180 valence electrons. The lowest BCUT2D eigenvalue weighted by molar-refractivity contribution is -0.284. The molecule has 0 aromatic carbocycles. The van der Waals surface area contributed by atoms with Crippen molar-refractivity contribution in [1.82, 2.24) is 0 Å². The summed E-state index contributed by atoms with van der Waals surface area (Å²) in [6.07, 6.45) is 9.99. The van der Waals surface area contributed by atoms with Gasteiger partial charge in [-0.25, -0.2) is 0 Å². The lowest BCUT2D eigenvalue weighted by Crippen LogP contribution is -2.36. The molecule has 0 N–H and O–H groups in total. The Hall–Kier alpha value is -0.430. The van der Waals surface area contributed by atoms with Crippen molar-refractivity contribution in [3.05, 3.63) is 0 Å². The Morgan fingerprint density at radius 3 is 1.63 bits per heavy atom. The third-order valence-electron chi connectivity index (χ3n) is 5.80. The van der Waals surface area contributed by atoms with Crippen molar-refractivity contribution >= 4 is 0 Å². The van der Waals surface area contributed by atoms with Crippen molar-refractivity contribution < 1.29 is 31.4 Å². The second-order valence-corrected chi connectivity index (χ2v) is 8.58. The Morgan fingerprint density at radius 1 is 0.667 bits per heavy atom. The van der Waals surface area contributed by atoms with Crippen molar-refractivity contribution in [2.24, 2.45) is 0 Å². The van der Waals surface area contributed by atoms with E-state index in [2.05, 4.69) is 0 Å². The van der Waals surface area contributed by atoms with Crippen molar-refractivity contribution in [1.29, 1.82) is 0 Å². The first-order valence-electron chi connectivity index (χ1n) is 12.0. The predicted molar refractivity (Wildman–Crippen MR) is 110 cm³/mol. The van der Waals surface area contributed by atoms with Gasteiger partial charge in [0.25, 0.3) is 0 Å². The fourth-order valence-electron chi connectivity index (χ4n) is 3.83. The maximum absolute atomic E-state index is 12.7. The Balaban J connectivity index is 1.71. The van der Waals surface area contributed by atoms with Crippen LogP contribution in [0.4, 0.5) is 22.0 Å². The molecule has 1 saturated heterocycles. The van der Waals surface area contributed by atoms with Crippen LogP contribution in [0.25, 0.3) is 0 Å². The van der Waals surface area contributed by atoms with Gasteiger partial charge in [0.05, 0.1) is 6.10 Å². The average Bonchev–Trinajstić information content (AvgIpc) is 3.19. The minimum absolute atomic E-state index is 0.0630. The Kier molecular flexibility index (Phi) is 14.9. The second-order valence-electron chi connectivity index (χ2n) is 8.58. The van der Waals surface area contributed by atoms with Gasteiger partial charge in [-0.15, -0.1) is 0 Å². The Labute approximate surface area is 179 Å². The first kappa shape index (κ1) is 27.6. The number of halogens is 5. The fourth-order valence-corrected chi connectivity index (χ4v) is 3.83. The summed E-state index contributed by atoms with van der Waals surface area (Å²) in [5, 5.41) is 0. The number of rotatable bonds is 19. The van der Waals surface area contributed by atoms with Crippen LogP contribution in [0.3, 0.4) is 0 Å². The van der Waals surface area contributed by atoms with Gasteiger partial charge in [-0.1, -0.05) is 70.6 Å². The summed E-state index contributed by atoms with van der Waals surface area (Å²) in [7, 11) is 0. The van der Waals surface area contributed by atoms with E-state index in [0.29, 0.717) is 12.5 Å². The fraction of sp³-hybridized carbons (Fsp3) is 1.00. The summed E-state index contributed by atoms with van der Waals surface area (Å²) in [5.41, 5.74) is 0. The lowest BCUT2D eigenvalue weighted by Gasteiger charge is -2.19. The first-order valence-corrected chi connectivity index (χ1v) is 12.0. The van der Waals surface area contributed by atoms with Crippen molar-refractivity contribution in [3.63, 3.8) is 0 Å². The molecule has 30 heavy (non-hydrogen) atoms. The minimum Gasteiger partial charge on any atom is -0.381 e. The van der Waals surface area contributed by atoms with Gasteiger partial charge >= 0.3 is 12.1 Å². The zero-order valence-corrected chi connectivity index (χ0v) is 18.4. The molecule has 0 aromatic heterocycles. The zero-order chi connectivity index (χ0) is 22.1. The number of hydrogen-bond donors (Lipinski definition) is 0. The van der Waals surface area contributed by atoms with E-state index in [1.807, 2.05) is 0 Å². The smallest absolute Gasteiger partial charge is 0.381 e. The van der Waals surface area contributed by atoms with Crippen LogP contribution in [-0.4, -0.2) is 38.0 Å². The molecule has 0 saturated carbocycles. The molecule has 0 aliphatic carbocycles. The highest BCUT2D eigenvalue weighted by Gasteiger charge is 2.56. The van der Waals surface area contributed by atoms with Crippen molar-refractivity contribution in [3.8, 4) is 0 Å². The van der Waals surface area contributed by atoms with Crippen LogP contribution in [0, 0.1) is 0 Å². The molecule has 1 fully saturated rings. The van der Waals surface area contributed by atoms with Crippen LogP contribution in [0.15, 0.2) is 0 Å². The molecule has 0 aromatic rings. The first-order chi connectivity index (χ1) is 14.3. The van der Waals surface area contributed by atoms with Crippen LogP contribution in [0.1, 0.15) is 109 Å². The number of alkyl halides is 5. The van der Waals surface area contributed by atoms with Gasteiger partial charge in [0.1, 0.15) is 0 Å². The molecule has 2 nitrogen and oxygen atoms in total. The second kappa shape index (κ2) is 16.2. The van der Waals surface area contributed by atoms with Gasteiger partial charge in [0.2, 0.25) is 0 Å². The monoisotopic (exact) mass is 444 g/mol. The topological polar surface area (TPSA) is 18.5 Å². The summed E-state index contributed by atoms with van der Waals surface area (Å²) in [6, 6.07) is 0. The van der Waals surface area contributed by atoms with Crippen LogP contribution >= 0.6 is 0 Å². The number of ether oxygens (including phenoxy) is 2. The minimum atomic E-state index is -5.41. The molecule has 1 aliphatic rings. The van der Waals surface area contributed by atoms with Gasteiger partial charge < -0.3 is 9.47 Å². The predicted octanol–water partition coefficient (Wildman–Crippen LogP) is 8.23. The van der Waals surface area contributed by atoms with Crippen LogP contribution in [0.2, 0.25) is 0 Å². The summed E-state index contributed by atoms with van der Waals surface area (Å²) >= 11 is 0. The standard InChI is InChI=1S/C23H41F5O2/c24-22(25,23(26,27)28)17-12-10-8-6-4-2-1-3-5-7-9-11-13-18-29-20-16-21-15-14-19-30-21/h21H,1-20H2. The number of hydrogen-bond acceptors (Lipinski definition) is 2. The molecule has 7 heteroatoms. The third-order valence-corrected chi connectivity index (χ3v) is 5.80. The molecule has 1 rings (SSSR count). The van der Waals surface area contributed by atoms with Gasteiger partial charge in [-0.05, 0) is 32.1 Å². The third kappa shape index (κ3) is 13.8. The average molecular weight is 445 g/mol.